The van der Waals surface area contributed by atoms with E-state index in [2.05, 4.69) is 6.92 Å². The number of carbonyl (C=O) groups is 2. The van der Waals surface area contributed by atoms with Crippen LogP contribution in [-0.4, -0.2) is 23.3 Å². The zero-order valence-electron chi connectivity index (χ0n) is 27.3. The molecular weight excluding hydrogens is 695 g/mol. The van der Waals surface area contributed by atoms with E-state index in [1.54, 1.807) is 42.5 Å². The molecule has 0 N–H and O–H groups in total. The van der Waals surface area contributed by atoms with Crippen molar-refractivity contribution in [3.8, 4) is 5.75 Å². The lowest BCUT2D eigenvalue weighted by molar-refractivity contribution is -0.701. The lowest BCUT2D eigenvalue weighted by Gasteiger charge is -2.21. The number of nitrogens with zero attached hydrogens (tertiary/aromatic N) is 2. The Morgan fingerprint density at radius 2 is 1.24 bits per heavy atom. The predicted octanol–water partition coefficient (Wildman–Crippen LogP) is 6.99. The lowest BCUT2D eigenvalue weighted by Crippen LogP contribution is -3.00. The smallest absolute Gasteiger partial charge is 0.261 e. The maximum atomic E-state index is 13.7. The fourth-order valence-electron chi connectivity index (χ4n) is 5.48. The van der Waals surface area contributed by atoms with Crippen LogP contribution in [0.25, 0.3) is 0 Å². The van der Waals surface area contributed by atoms with Crippen molar-refractivity contribution in [3.63, 3.8) is 0 Å². The van der Waals surface area contributed by atoms with E-state index in [0.717, 1.165) is 25.1 Å². The minimum atomic E-state index is -0.397. The van der Waals surface area contributed by atoms with Crippen molar-refractivity contribution < 1.29 is 42.9 Å². The molecule has 0 aliphatic carbocycles. The third-order valence-electron chi connectivity index (χ3n) is 8.14. The van der Waals surface area contributed by atoms with E-state index in [-0.39, 0.29) is 36.4 Å². The molecule has 0 saturated heterocycles. The molecule has 1 heterocycles. The number of aromatic nitrogens is 1. The molecule has 0 aliphatic rings. The molecule has 0 saturated carbocycles. The van der Waals surface area contributed by atoms with Crippen molar-refractivity contribution >= 4 is 23.4 Å². The van der Waals surface area contributed by atoms with E-state index >= 15 is 0 Å². The SMILES string of the molecule is CCCCCCCCCCCCCCCCOc1ccc(C(=O)N(Cc2cccc[n+]2CC)C(=O)c2ccccc2)cc1Cl.[I-]. The molecule has 0 spiro atoms. The third-order valence-corrected chi connectivity index (χ3v) is 8.44. The summed E-state index contributed by atoms with van der Waals surface area (Å²) in [5, 5.41) is 0.372. The van der Waals surface area contributed by atoms with Gasteiger partial charge < -0.3 is 28.7 Å². The van der Waals surface area contributed by atoms with Gasteiger partial charge in [0, 0.05) is 23.3 Å². The number of pyridine rings is 1. The summed E-state index contributed by atoms with van der Waals surface area (Å²) in [6.45, 7) is 5.78. The zero-order chi connectivity index (χ0) is 31.4. The van der Waals surface area contributed by atoms with Crippen LogP contribution < -0.4 is 33.3 Å². The van der Waals surface area contributed by atoms with Crippen LogP contribution in [0.1, 0.15) is 130 Å². The van der Waals surface area contributed by atoms with Gasteiger partial charge in [-0.25, -0.2) is 4.57 Å². The average molecular weight is 747 g/mol. The number of hydrogen-bond donors (Lipinski definition) is 0. The molecule has 3 aromatic rings. The van der Waals surface area contributed by atoms with Gasteiger partial charge in [-0.15, -0.1) is 0 Å². The molecule has 2 aromatic carbocycles. The molecule has 2 amide bonds. The Balaban J connectivity index is 0.00000705. The van der Waals surface area contributed by atoms with Crippen LogP contribution in [0.3, 0.4) is 0 Å². The topological polar surface area (TPSA) is 50.5 Å². The minimum Gasteiger partial charge on any atom is -1.00 e. The van der Waals surface area contributed by atoms with Gasteiger partial charge in [0.05, 0.1) is 11.6 Å². The number of imide groups is 1. The number of amides is 2. The standard InChI is InChI=1S/C38H52ClN2O3.HI/c1-3-5-6-7-8-9-10-11-12-13-14-15-16-22-29-44-36-27-26-33(30-35(36)39)38(43)41(37(42)32-23-18-17-19-24-32)31-34-25-20-21-28-40(34)4-2;/h17-21,23-28,30H,3-16,22,29,31H2,1-2H3;1H/q+1;/p-1. The second-order valence-corrected chi connectivity index (χ2v) is 12.0. The first-order valence-electron chi connectivity index (χ1n) is 16.9. The molecule has 246 valence electrons. The Labute approximate surface area is 293 Å². The van der Waals surface area contributed by atoms with E-state index in [4.69, 9.17) is 16.3 Å². The van der Waals surface area contributed by atoms with Crippen LogP contribution >= 0.6 is 11.6 Å². The van der Waals surface area contributed by atoms with Gasteiger partial charge in [0.15, 0.2) is 6.20 Å². The van der Waals surface area contributed by atoms with Crippen molar-refractivity contribution in [1.82, 2.24) is 4.90 Å². The van der Waals surface area contributed by atoms with Crippen LogP contribution in [0.2, 0.25) is 5.02 Å². The summed E-state index contributed by atoms with van der Waals surface area (Å²) in [5.41, 5.74) is 1.67. The number of unbranched alkanes of at least 4 members (excludes halogenated alkanes) is 13. The number of benzene rings is 2. The summed E-state index contributed by atoms with van der Waals surface area (Å²) in [6.07, 6.45) is 20.3. The number of rotatable bonds is 21. The van der Waals surface area contributed by atoms with Crippen LogP contribution in [0.5, 0.6) is 5.75 Å². The van der Waals surface area contributed by atoms with Gasteiger partial charge in [0.25, 0.3) is 11.8 Å². The Morgan fingerprint density at radius 3 is 1.82 bits per heavy atom. The van der Waals surface area contributed by atoms with Gasteiger partial charge in [-0.1, -0.05) is 126 Å². The fraction of sp³-hybridized carbons (Fsp3) is 0.500. The first-order valence-corrected chi connectivity index (χ1v) is 17.2. The van der Waals surface area contributed by atoms with Crippen molar-refractivity contribution in [2.45, 2.75) is 117 Å². The molecule has 0 bridgehead atoms. The number of halogens is 2. The van der Waals surface area contributed by atoms with Gasteiger partial charge in [0.1, 0.15) is 18.8 Å². The molecule has 0 unspecified atom stereocenters. The Kier molecular flexibility index (Phi) is 19.8. The molecule has 3 rings (SSSR count). The Bertz CT molecular complexity index is 1270. The highest BCUT2D eigenvalue weighted by molar-refractivity contribution is 6.32. The number of carbonyl (C=O) groups excluding carboxylic acids is 2. The molecule has 0 radical (unpaired) electrons. The maximum Gasteiger partial charge on any atom is 0.261 e. The van der Waals surface area contributed by atoms with Gasteiger partial charge in [-0.3, -0.25) is 14.5 Å². The van der Waals surface area contributed by atoms with Crippen LogP contribution in [0.4, 0.5) is 0 Å². The van der Waals surface area contributed by atoms with E-state index in [9.17, 15) is 9.59 Å². The van der Waals surface area contributed by atoms with E-state index < -0.39 is 5.91 Å². The van der Waals surface area contributed by atoms with Gasteiger partial charge in [0.2, 0.25) is 5.69 Å². The van der Waals surface area contributed by atoms with E-state index in [0.29, 0.717) is 28.5 Å². The summed E-state index contributed by atoms with van der Waals surface area (Å²) < 4.78 is 7.98. The fourth-order valence-corrected chi connectivity index (χ4v) is 5.72. The predicted molar refractivity (Wildman–Crippen MR) is 180 cm³/mol. The molecule has 7 heteroatoms. The van der Waals surface area contributed by atoms with Gasteiger partial charge >= 0.3 is 0 Å². The van der Waals surface area contributed by atoms with Crippen molar-refractivity contribution in [1.29, 1.82) is 0 Å². The molecule has 5 nitrogen and oxygen atoms in total. The summed E-state index contributed by atoms with van der Waals surface area (Å²) in [6, 6.07) is 19.7. The number of hydrogen-bond acceptors (Lipinski definition) is 3. The van der Waals surface area contributed by atoms with E-state index in [1.807, 2.05) is 42.0 Å². The second-order valence-electron chi connectivity index (χ2n) is 11.6. The largest absolute Gasteiger partial charge is 1.00 e. The Morgan fingerprint density at radius 1 is 0.689 bits per heavy atom. The lowest BCUT2D eigenvalue weighted by atomic mass is 10.0. The van der Waals surface area contributed by atoms with Crippen LogP contribution in [-0.2, 0) is 13.1 Å². The molecule has 0 fully saturated rings. The highest BCUT2D eigenvalue weighted by Crippen LogP contribution is 2.27. The van der Waals surface area contributed by atoms with Crippen LogP contribution in [0, 0.1) is 0 Å². The van der Waals surface area contributed by atoms with Crippen molar-refractivity contribution in [2.75, 3.05) is 6.61 Å². The first-order chi connectivity index (χ1) is 21.5. The summed E-state index contributed by atoms with van der Waals surface area (Å²) in [7, 11) is 0. The monoisotopic (exact) mass is 746 g/mol. The second kappa shape index (κ2) is 23.0. The van der Waals surface area contributed by atoms with Crippen molar-refractivity contribution in [2.24, 2.45) is 0 Å². The Hall–Kier alpha value is -2.45. The number of aryl methyl sites for hydroxylation is 1. The molecule has 0 aliphatic heterocycles. The van der Waals surface area contributed by atoms with Gasteiger partial charge in [-0.05, 0) is 43.7 Å². The summed E-state index contributed by atoms with van der Waals surface area (Å²) in [5.74, 6) is -0.187. The maximum absolute atomic E-state index is 13.7. The van der Waals surface area contributed by atoms with Crippen LogP contribution in [0.15, 0.2) is 72.9 Å². The molecular formula is C38H52ClIN2O3. The molecule has 0 atom stereocenters. The van der Waals surface area contributed by atoms with Crippen molar-refractivity contribution in [3.05, 3.63) is 94.8 Å². The van der Waals surface area contributed by atoms with Gasteiger partial charge in [-0.2, -0.15) is 0 Å². The third kappa shape index (κ3) is 13.8. The first kappa shape index (κ1) is 38.7. The van der Waals surface area contributed by atoms with E-state index in [1.165, 1.54) is 81.9 Å². The molecule has 45 heavy (non-hydrogen) atoms. The molecule has 1 aromatic heterocycles. The number of ether oxygens (including phenoxy) is 1. The average Bonchev–Trinajstić information content (AvgIpc) is 3.06. The quantitative estimate of drug-likeness (QED) is 0.0511. The summed E-state index contributed by atoms with van der Waals surface area (Å²) in [4.78, 5) is 28.5. The highest BCUT2D eigenvalue weighted by atomic mass is 127. The summed E-state index contributed by atoms with van der Waals surface area (Å²) >= 11 is 6.56. The highest BCUT2D eigenvalue weighted by Gasteiger charge is 2.28. The minimum absolute atomic E-state index is 0. The normalized spacial score (nSPS) is 10.7. The zero-order valence-corrected chi connectivity index (χ0v) is 30.2.